The van der Waals surface area contributed by atoms with E-state index in [4.69, 9.17) is 4.74 Å². The summed E-state index contributed by atoms with van der Waals surface area (Å²) >= 11 is 0. The van der Waals surface area contributed by atoms with E-state index >= 15 is 0 Å². The van der Waals surface area contributed by atoms with Crippen LogP contribution in [0.1, 0.15) is 86.0 Å². The van der Waals surface area contributed by atoms with Gasteiger partial charge in [0.1, 0.15) is 5.60 Å². The minimum Gasteiger partial charge on any atom is -0.444 e. The predicted octanol–water partition coefficient (Wildman–Crippen LogP) is 5.06. The normalized spacial score (nSPS) is 38.9. The molecule has 5 heteroatoms. The first kappa shape index (κ1) is 25.2. The Morgan fingerprint density at radius 2 is 1.83 bits per heavy atom. The summed E-state index contributed by atoms with van der Waals surface area (Å²) in [4.78, 5) is 10.5. The average molecular weight is 424 g/mol. The molecule has 0 aliphatic heterocycles. The lowest BCUT2D eigenvalue weighted by Gasteiger charge is -2.52. The summed E-state index contributed by atoms with van der Waals surface area (Å²) < 4.78 is 4.84. The fourth-order valence-corrected chi connectivity index (χ4v) is 6.08. The number of alkyl carbamates (subject to hydrolysis) is 1. The van der Waals surface area contributed by atoms with Crippen molar-refractivity contribution in [1.29, 1.82) is 0 Å². The Labute approximate surface area is 183 Å². The van der Waals surface area contributed by atoms with E-state index in [1.165, 1.54) is 44.7 Å². The van der Waals surface area contributed by atoms with Gasteiger partial charge in [0.05, 0.1) is 6.10 Å². The van der Waals surface area contributed by atoms with Crippen molar-refractivity contribution in [1.82, 2.24) is 5.32 Å². The van der Waals surface area contributed by atoms with Crippen LogP contribution in [0.4, 0.5) is 4.79 Å². The second-order valence-electron chi connectivity index (χ2n) is 11.3. The van der Waals surface area contributed by atoms with Crippen molar-refractivity contribution in [2.45, 2.75) is 97.7 Å². The Balaban J connectivity index is 0.000000303. The number of hydrogen-bond donors (Lipinski definition) is 3. The van der Waals surface area contributed by atoms with Crippen LogP contribution in [0.2, 0.25) is 0 Å². The van der Waals surface area contributed by atoms with Crippen LogP contribution in [0.3, 0.4) is 0 Å². The van der Waals surface area contributed by atoms with Crippen LogP contribution in [0.5, 0.6) is 0 Å². The highest BCUT2D eigenvalue weighted by Gasteiger charge is 2.52. The number of aliphatic hydroxyl groups excluding tert-OH is 2. The minimum atomic E-state index is -0.389. The largest absolute Gasteiger partial charge is 0.444 e. The topological polar surface area (TPSA) is 78.8 Å². The third-order valence-electron chi connectivity index (χ3n) is 8.35. The first-order valence-electron chi connectivity index (χ1n) is 11.7. The predicted molar refractivity (Wildman–Crippen MR) is 121 cm³/mol. The summed E-state index contributed by atoms with van der Waals surface area (Å²) in [6, 6.07) is 0. The Hall–Kier alpha value is -1.07. The van der Waals surface area contributed by atoms with E-state index in [2.05, 4.69) is 25.7 Å². The molecule has 0 aromatic heterocycles. The van der Waals surface area contributed by atoms with Crippen molar-refractivity contribution in [2.75, 3.05) is 13.7 Å². The van der Waals surface area contributed by atoms with Gasteiger partial charge in [-0.15, -0.1) is 0 Å². The number of aliphatic hydroxyl groups is 2. The number of allylic oxidation sites excluding steroid dienone is 1. The highest BCUT2D eigenvalue weighted by atomic mass is 16.6. The van der Waals surface area contributed by atoms with Crippen molar-refractivity contribution in [3.63, 3.8) is 0 Å². The van der Waals surface area contributed by atoms with Gasteiger partial charge in [-0.1, -0.05) is 26.0 Å². The van der Waals surface area contributed by atoms with Gasteiger partial charge in [-0.3, -0.25) is 0 Å². The first-order chi connectivity index (χ1) is 13.9. The van der Waals surface area contributed by atoms with Gasteiger partial charge in [0, 0.05) is 13.7 Å². The van der Waals surface area contributed by atoms with Crippen molar-refractivity contribution in [3.8, 4) is 0 Å². The molecule has 30 heavy (non-hydrogen) atoms. The number of amides is 1. The van der Waals surface area contributed by atoms with Crippen LogP contribution < -0.4 is 5.32 Å². The standard InChI is InChI=1S/C19H32O2.C6H13NO2/c1-13-4-5-14-10-15(6-8-18(13,14)2)19(3)9-7-17(21)11-16(19)12-20;1-6(2,3)9-5(8)7-4/h14-17,20-21H,1,4-12H2,2-3H3;1-4H3,(H,7,8). The lowest BCUT2D eigenvalue weighted by Crippen LogP contribution is -2.46. The molecule has 5 nitrogen and oxygen atoms in total. The van der Waals surface area contributed by atoms with Crippen LogP contribution in [-0.4, -0.2) is 41.7 Å². The third-order valence-corrected chi connectivity index (χ3v) is 8.35. The molecule has 0 aromatic carbocycles. The Morgan fingerprint density at radius 1 is 1.17 bits per heavy atom. The molecule has 174 valence electrons. The number of fused-ring (bicyclic) bond motifs is 1. The van der Waals surface area contributed by atoms with Gasteiger partial charge in [0.15, 0.2) is 0 Å². The Morgan fingerprint density at radius 3 is 2.37 bits per heavy atom. The summed E-state index contributed by atoms with van der Waals surface area (Å²) in [6.45, 7) is 14.8. The van der Waals surface area contributed by atoms with Crippen LogP contribution in [0, 0.1) is 28.6 Å². The summed E-state index contributed by atoms with van der Waals surface area (Å²) in [7, 11) is 1.54. The number of ether oxygens (including phenoxy) is 1. The van der Waals surface area contributed by atoms with Crippen LogP contribution in [0.25, 0.3) is 0 Å². The molecule has 0 aromatic rings. The van der Waals surface area contributed by atoms with Gasteiger partial charge >= 0.3 is 6.09 Å². The van der Waals surface area contributed by atoms with E-state index in [-0.39, 0.29) is 35.7 Å². The van der Waals surface area contributed by atoms with Gasteiger partial charge < -0.3 is 20.3 Å². The van der Waals surface area contributed by atoms with E-state index in [1.54, 1.807) is 0 Å². The average Bonchev–Trinajstić information content (AvgIpc) is 2.97. The van der Waals surface area contributed by atoms with E-state index in [0.29, 0.717) is 11.3 Å². The monoisotopic (exact) mass is 423 g/mol. The van der Waals surface area contributed by atoms with Crippen molar-refractivity contribution in [2.24, 2.45) is 28.6 Å². The molecule has 0 heterocycles. The number of carbonyl (C=O) groups is 1. The highest BCUT2D eigenvalue weighted by Crippen LogP contribution is 2.61. The number of nitrogens with one attached hydrogen (secondary N) is 1. The lowest BCUT2D eigenvalue weighted by molar-refractivity contribution is -0.0661. The summed E-state index contributed by atoms with van der Waals surface area (Å²) in [5.74, 6) is 1.79. The Kier molecular flexibility index (Phi) is 8.06. The smallest absolute Gasteiger partial charge is 0.407 e. The number of carbonyl (C=O) groups excluding carboxylic acids is 1. The van der Waals surface area contributed by atoms with E-state index in [1.807, 2.05) is 20.8 Å². The van der Waals surface area contributed by atoms with E-state index in [9.17, 15) is 15.0 Å². The van der Waals surface area contributed by atoms with Gasteiger partial charge in [-0.2, -0.15) is 0 Å². The molecule has 0 radical (unpaired) electrons. The molecule has 0 spiro atoms. The quantitative estimate of drug-likeness (QED) is 0.543. The Bertz CT molecular complexity index is 613. The van der Waals surface area contributed by atoms with Gasteiger partial charge in [0.2, 0.25) is 0 Å². The molecule has 6 unspecified atom stereocenters. The first-order valence-corrected chi connectivity index (χ1v) is 11.7. The molecule has 3 fully saturated rings. The molecule has 3 aliphatic rings. The van der Waals surface area contributed by atoms with Crippen LogP contribution in [-0.2, 0) is 4.74 Å². The molecule has 1 amide bonds. The second kappa shape index (κ2) is 9.60. The zero-order chi connectivity index (χ0) is 22.7. The molecule has 3 saturated carbocycles. The van der Waals surface area contributed by atoms with Gasteiger partial charge in [0.25, 0.3) is 0 Å². The lowest BCUT2D eigenvalue weighted by atomic mass is 9.53. The molecule has 0 saturated heterocycles. The zero-order valence-corrected chi connectivity index (χ0v) is 20.1. The molecular weight excluding hydrogens is 378 g/mol. The maximum atomic E-state index is 10.5. The summed E-state index contributed by atoms with van der Waals surface area (Å²) in [5, 5.41) is 22.1. The van der Waals surface area contributed by atoms with Crippen molar-refractivity contribution >= 4 is 6.09 Å². The van der Waals surface area contributed by atoms with Crippen LogP contribution >= 0.6 is 0 Å². The van der Waals surface area contributed by atoms with Gasteiger partial charge in [-0.25, -0.2) is 4.79 Å². The molecular formula is C25H45NO4. The van der Waals surface area contributed by atoms with E-state index in [0.717, 1.165) is 25.2 Å². The van der Waals surface area contributed by atoms with E-state index < -0.39 is 0 Å². The van der Waals surface area contributed by atoms with Crippen molar-refractivity contribution in [3.05, 3.63) is 12.2 Å². The third kappa shape index (κ3) is 5.59. The second-order valence-corrected chi connectivity index (χ2v) is 11.3. The molecule has 0 bridgehead atoms. The molecule has 3 rings (SSSR count). The van der Waals surface area contributed by atoms with Crippen molar-refractivity contribution < 1.29 is 19.7 Å². The fourth-order valence-electron chi connectivity index (χ4n) is 6.08. The minimum absolute atomic E-state index is 0.199. The SMILES string of the molecule is C=C1CCC2CC(C3(C)CCC(O)CC3CO)CCC12C.CNC(=O)OC(C)(C)C. The van der Waals surface area contributed by atoms with Crippen LogP contribution in [0.15, 0.2) is 12.2 Å². The molecule has 3 N–H and O–H groups in total. The maximum absolute atomic E-state index is 10.5. The maximum Gasteiger partial charge on any atom is 0.407 e. The zero-order valence-electron chi connectivity index (χ0n) is 20.1. The highest BCUT2D eigenvalue weighted by molar-refractivity contribution is 5.67. The fraction of sp³-hybridized carbons (Fsp3) is 0.880. The number of hydrogen-bond acceptors (Lipinski definition) is 4. The molecule has 6 atom stereocenters. The summed E-state index contributed by atoms with van der Waals surface area (Å²) in [6.07, 6.45) is 8.58. The summed E-state index contributed by atoms with van der Waals surface area (Å²) in [5.41, 5.74) is 1.70. The van der Waals surface area contributed by atoms with Gasteiger partial charge in [-0.05, 0) is 101 Å². The molecule has 3 aliphatic carbocycles. The number of rotatable bonds is 2.